The average Bonchev–Trinajstić information content (AvgIpc) is 2.68. The summed E-state index contributed by atoms with van der Waals surface area (Å²) in [6.45, 7) is 4.76. The molecule has 11 heteroatoms. The Morgan fingerprint density at radius 2 is 1.44 bits per heavy atom. The van der Waals surface area contributed by atoms with Crippen LogP contribution in [0.2, 0.25) is 13.6 Å². The minimum atomic E-state index is -1.00. The van der Waals surface area contributed by atoms with Gasteiger partial charge in [0.15, 0.2) is 0 Å². The van der Waals surface area contributed by atoms with E-state index in [1.165, 1.54) is 7.11 Å². The maximum atomic E-state index is 11.3. The van der Waals surface area contributed by atoms with E-state index in [0.29, 0.717) is 13.0 Å². The van der Waals surface area contributed by atoms with E-state index in [2.05, 4.69) is 4.74 Å². The molecule has 2 heterocycles. The van der Waals surface area contributed by atoms with Crippen molar-refractivity contribution in [3.8, 4) is 0 Å². The Bertz CT molecular complexity index is 465. The highest BCUT2D eigenvalue weighted by atomic mass is 19.1. The molecule has 0 aromatic carbocycles. The first kappa shape index (κ1) is 23.9. The number of aliphatic carboxylic acids is 1. The predicted molar refractivity (Wildman–Crippen MR) is 103 cm³/mol. The molecule has 27 heavy (non-hydrogen) atoms. The molecule has 2 fully saturated rings. The number of rotatable bonds is 4. The van der Waals surface area contributed by atoms with Crippen LogP contribution < -0.4 is 0 Å². The Balaban J connectivity index is 0.000000458. The lowest BCUT2D eigenvalue weighted by molar-refractivity contribution is -0.146. The summed E-state index contributed by atoms with van der Waals surface area (Å²) in [4.78, 5) is 25.4. The Kier molecular flexibility index (Phi) is 12.3. The van der Waals surface area contributed by atoms with Gasteiger partial charge in [0.1, 0.15) is 12.1 Å². The van der Waals surface area contributed by atoms with Gasteiger partial charge >= 0.3 is 26.0 Å². The molecule has 0 bridgehead atoms. The third-order valence-corrected chi connectivity index (χ3v) is 4.81. The van der Waals surface area contributed by atoms with Crippen LogP contribution in [0.25, 0.3) is 0 Å². The van der Waals surface area contributed by atoms with E-state index in [0.717, 1.165) is 38.6 Å². The number of ether oxygens (including phenoxy) is 1. The summed E-state index contributed by atoms with van der Waals surface area (Å²) in [5.41, 5.74) is 0. The number of carboxylic acid groups (broad SMARTS) is 1. The molecule has 3 N–H and O–H groups in total. The fraction of sp³-hybridized carbons (Fsp3) is 0.875. The van der Waals surface area contributed by atoms with Crippen molar-refractivity contribution in [2.45, 2.75) is 64.3 Å². The number of carboxylic acids is 1. The van der Waals surface area contributed by atoms with Gasteiger partial charge in [-0.3, -0.25) is 14.0 Å². The molecule has 156 valence electrons. The number of nitrogens with zero attached hydrogens (tertiary/aromatic N) is 2. The Morgan fingerprint density at radius 3 is 1.78 bits per heavy atom. The van der Waals surface area contributed by atoms with Gasteiger partial charge in [-0.1, -0.05) is 12.8 Å². The number of alkyl halides is 1. The van der Waals surface area contributed by atoms with Crippen LogP contribution in [0.1, 0.15) is 39.9 Å². The van der Waals surface area contributed by atoms with E-state index in [-0.39, 0.29) is 12.0 Å². The van der Waals surface area contributed by atoms with Crippen molar-refractivity contribution in [2.24, 2.45) is 0 Å². The van der Waals surface area contributed by atoms with Gasteiger partial charge in [-0.15, -0.1) is 0 Å². The van der Waals surface area contributed by atoms with E-state index in [1.807, 2.05) is 0 Å². The van der Waals surface area contributed by atoms with Crippen molar-refractivity contribution < 1.29 is 35.2 Å². The second-order valence-corrected chi connectivity index (χ2v) is 6.62. The number of carbonyl (C=O) groups is 2. The smallest absolute Gasteiger partial charge is 0.377 e. The van der Waals surface area contributed by atoms with E-state index in [9.17, 15) is 24.0 Å². The number of esters is 1. The first-order valence-corrected chi connectivity index (χ1v) is 9.24. The summed E-state index contributed by atoms with van der Waals surface area (Å²) in [5.74, 6) is -1.06. The molecule has 0 aliphatic carbocycles. The van der Waals surface area contributed by atoms with Crippen LogP contribution in [0.15, 0.2) is 0 Å². The molecule has 0 radical (unpaired) electrons. The fourth-order valence-electron chi connectivity index (χ4n) is 3.46. The maximum Gasteiger partial charge on any atom is 0.377 e. The number of hydrogen-bond donors (Lipinski definition) is 3. The van der Waals surface area contributed by atoms with Gasteiger partial charge in [0.2, 0.25) is 0 Å². The Labute approximate surface area is 163 Å². The summed E-state index contributed by atoms with van der Waals surface area (Å²) < 4.78 is 20.2. The minimum absolute atomic E-state index is 0.236. The zero-order chi connectivity index (χ0) is 21.7. The van der Waals surface area contributed by atoms with Crippen LogP contribution in [-0.4, -0.2) is 90.3 Å². The van der Waals surface area contributed by atoms with Crippen LogP contribution in [0.3, 0.4) is 0 Å². The molecule has 0 aromatic rings. The predicted octanol–water partition coefficient (Wildman–Crippen LogP) is 0.746. The summed E-state index contributed by atoms with van der Waals surface area (Å²) >= 11 is 0. The highest BCUT2D eigenvalue weighted by Gasteiger charge is 2.33. The molecule has 2 rings (SSSR count). The standard InChI is InChI=1S/C8H16BNO3.C7H14BNO3.CH3F/c1-9(12)10-6-4-3-5-7(10)8(11)13-2;1-8(12)9-5-3-2-4-6(9)7(10)11;1-2/h7,12H,3-6H2,1-2H3;6,12H,2-5H2,1H3,(H,10,11);1H3/t7-;6-;/m11./s1/i;;1D. The molecule has 0 amide bonds. The van der Waals surface area contributed by atoms with Gasteiger partial charge in [-0.05, 0) is 52.4 Å². The lowest BCUT2D eigenvalue weighted by Crippen LogP contribution is -2.51. The first-order valence-electron chi connectivity index (χ1n) is 9.95. The second-order valence-electron chi connectivity index (χ2n) is 6.62. The monoisotopic (exact) mass is 391 g/mol. The number of halogens is 1. The highest BCUT2D eigenvalue weighted by molar-refractivity contribution is 6.46. The lowest BCUT2D eigenvalue weighted by Gasteiger charge is -2.34. The number of hydrogen-bond acceptors (Lipinski definition) is 7. The second kappa shape index (κ2) is 13.9. The van der Waals surface area contributed by atoms with Gasteiger partial charge in [0.25, 0.3) is 0 Å². The summed E-state index contributed by atoms with van der Waals surface area (Å²) in [7, 11) is -0.826. The summed E-state index contributed by atoms with van der Waals surface area (Å²) in [5, 5.41) is 27.5. The van der Waals surface area contributed by atoms with Gasteiger partial charge in [0.05, 0.1) is 15.6 Å². The lowest BCUT2D eigenvalue weighted by atomic mass is 9.80. The van der Waals surface area contributed by atoms with Crippen molar-refractivity contribution in [3.63, 3.8) is 0 Å². The van der Waals surface area contributed by atoms with Gasteiger partial charge in [-0.2, -0.15) is 0 Å². The van der Waals surface area contributed by atoms with E-state index < -0.39 is 33.3 Å². The zero-order valence-electron chi connectivity index (χ0n) is 17.5. The van der Waals surface area contributed by atoms with Gasteiger partial charge in [0, 0.05) is 0 Å². The fourth-order valence-corrected chi connectivity index (χ4v) is 3.46. The topological polar surface area (TPSA) is 111 Å². The van der Waals surface area contributed by atoms with Crippen molar-refractivity contribution >= 4 is 26.0 Å². The third kappa shape index (κ3) is 8.59. The van der Waals surface area contributed by atoms with E-state index in [1.54, 1.807) is 23.3 Å². The Morgan fingerprint density at radius 1 is 1.04 bits per heavy atom. The van der Waals surface area contributed by atoms with Crippen LogP contribution in [0.4, 0.5) is 4.39 Å². The average molecular weight is 391 g/mol. The van der Waals surface area contributed by atoms with E-state index in [4.69, 9.17) is 6.48 Å². The first-order chi connectivity index (χ1) is 13.2. The van der Waals surface area contributed by atoms with Crippen molar-refractivity contribution in [2.75, 3.05) is 27.4 Å². The van der Waals surface area contributed by atoms with Crippen molar-refractivity contribution in [1.29, 1.82) is 0 Å². The molecule has 8 nitrogen and oxygen atoms in total. The normalized spacial score (nSPS) is 23.6. The maximum absolute atomic E-state index is 11.3. The molecular formula is C16H33B2FN2O6. The third-order valence-electron chi connectivity index (χ3n) is 4.81. The van der Waals surface area contributed by atoms with Crippen LogP contribution in [0.5, 0.6) is 0 Å². The number of piperidine rings is 2. The molecule has 0 spiro atoms. The SMILES string of the molecule is CB(O)N1CCCC[C@@H]1C(=O)O.COC(=O)[C@H]1CCCCN1B(C)O.[2H]CF. The quantitative estimate of drug-likeness (QED) is 0.476. The number of methoxy groups -OCH3 is 1. The molecule has 2 aliphatic heterocycles. The molecule has 0 unspecified atom stereocenters. The molecule has 0 aromatic heterocycles. The van der Waals surface area contributed by atoms with E-state index >= 15 is 0 Å². The van der Waals surface area contributed by atoms with Crippen molar-refractivity contribution in [1.82, 2.24) is 9.62 Å². The zero-order valence-corrected chi connectivity index (χ0v) is 16.5. The molecular weight excluding hydrogens is 357 g/mol. The van der Waals surface area contributed by atoms with Gasteiger partial charge < -0.3 is 29.5 Å². The van der Waals surface area contributed by atoms with Crippen LogP contribution in [0, 0.1) is 0 Å². The molecule has 0 saturated carbocycles. The van der Waals surface area contributed by atoms with Crippen LogP contribution in [-0.2, 0) is 14.3 Å². The molecule has 2 atom stereocenters. The van der Waals surface area contributed by atoms with Gasteiger partial charge in [-0.25, -0.2) is 0 Å². The molecule has 2 aliphatic rings. The number of carbonyl (C=O) groups excluding carboxylic acids is 1. The highest BCUT2D eigenvalue weighted by Crippen LogP contribution is 2.19. The largest absolute Gasteiger partial charge is 0.480 e. The minimum Gasteiger partial charge on any atom is -0.480 e. The Hall–Kier alpha value is -1.16. The van der Waals surface area contributed by atoms with Crippen LogP contribution >= 0.6 is 0 Å². The summed E-state index contributed by atoms with van der Waals surface area (Å²) in [6, 6.07) is -0.738. The molecule has 2 saturated heterocycles. The summed E-state index contributed by atoms with van der Waals surface area (Å²) in [6.07, 6.45) is 5.44. The van der Waals surface area contributed by atoms with Crippen molar-refractivity contribution in [3.05, 3.63) is 0 Å².